The molecule has 3 atom stereocenters. The van der Waals surface area contributed by atoms with E-state index in [1.807, 2.05) is 14.1 Å². The highest BCUT2D eigenvalue weighted by Gasteiger charge is 2.42. The van der Waals surface area contributed by atoms with Gasteiger partial charge in [-0.15, -0.1) is 0 Å². The third-order valence-electron chi connectivity index (χ3n) is 5.21. The predicted molar refractivity (Wildman–Crippen MR) is 80.1 cm³/mol. The molecule has 0 radical (unpaired) electrons. The molecule has 120 valence electrons. The van der Waals surface area contributed by atoms with Crippen LogP contribution < -0.4 is 0 Å². The van der Waals surface area contributed by atoms with E-state index in [1.54, 1.807) is 4.90 Å². The third-order valence-corrected chi connectivity index (χ3v) is 5.21. The van der Waals surface area contributed by atoms with Crippen molar-refractivity contribution in [2.45, 2.75) is 50.4 Å². The van der Waals surface area contributed by atoms with Gasteiger partial charge in [0.05, 0.1) is 6.10 Å². The molecule has 0 aromatic heterocycles. The van der Waals surface area contributed by atoms with Gasteiger partial charge in [-0.3, -0.25) is 9.69 Å². The molecule has 3 fully saturated rings. The molecule has 3 rings (SSSR count). The first-order chi connectivity index (χ1) is 10.1. The van der Waals surface area contributed by atoms with Gasteiger partial charge in [0.1, 0.15) is 6.10 Å². The van der Waals surface area contributed by atoms with Crippen LogP contribution in [0, 0.1) is 5.92 Å². The number of carbonyl (C=O) groups is 1. The SMILES string of the molecule is CN(C)C(=O)[C@H]1CC[C@@H]2[C@@H](CCN2CC2CCOCC2)O1. The lowest BCUT2D eigenvalue weighted by atomic mass is 9.96. The van der Waals surface area contributed by atoms with E-state index >= 15 is 0 Å². The Balaban J connectivity index is 1.53. The largest absolute Gasteiger partial charge is 0.381 e. The van der Waals surface area contributed by atoms with Crippen molar-refractivity contribution in [2.75, 3.05) is 40.4 Å². The van der Waals surface area contributed by atoms with Crippen LogP contribution in [0.25, 0.3) is 0 Å². The Morgan fingerprint density at radius 1 is 1.14 bits per heavy atom. The zero-order valence-corrected chi connectivity index (χ0v) is 13.3. The lowest BCUT2D eigenvalue weighted by molar-refractivity contribution is -0.152. The summed E-state index contributed by atoms with van der Waals surface area (Å²) >= 11 is 0. The Morgan fingerprint density at radius 3 is 2.62 bits per heavy atom. The van der Waals surface area contributed by atoms with Crippen molar-refractivity contribution >= 4 is 5.91 Å². The molecule has 0 N–H and O–H groups in total. The standard InChI is InChI=1S/C16H28N2O3/c1-17(2)16(19)15-4-3-13-14(21-15)5-8-18(13)11-12-6-9-20-10-7-12/h12-15H,3-11H2,1-2H3/t13-,14-,15-/m1/s1. The average molecular weight is 296 g/mol. The van der Waals surface area contributed by atoms with Crippen molar-refractivity contribution in [3.05, 3.63) is 0 Å². The van der Waals surface area contributed by atoms with E-state index in [-0.39, 0.29) is 18.1 Å². The smallest absolute Gasteiger partial charge is 0.251 e. The maximum Gasteiger partial charge on any atom is 0.251 e. The number of carbonyl (C=O) groups excluding carboxylic acids is 1. The fraction of sp³-hybridized carbons (Fsp3) is 0.938. The van der Waals surface area contributed by atoms with E-state index in [4.69, 9.17) is 9.47 Å². The van der Waals surface area contributed by atoms with Gasteiger partial charge in [-0.1, -0.05) is 0 Å². The van der Waals surface area contributed by atoms with E-state index in [9.17, 15) is 4.79 Å². The minimum atomic E-state index is -0.218. The second kappa shape index (κ2) is 6.63. The van der Waals surface area contributed by atoms with Crippen LogP contribution in [0.15, 0.2) is 0 Å². The molecule has 5 heteroatoms. The first kappa shape index (κ1) is 15.3. The molecule has 3 aliphatic heterocycles. The Kier molecular flexibility index (Phi) is 4.82. The molecule has 0 saturated carbocycles. The normalized spacial score (nSPS) is 34.7. The van der Waals surface area contributed by atoms with Crippen LogP contribution in [0.2, 0.25) is 0 Å². The highest BCUT2D eigenvalue weighted by atomic mass is 16.5. The van der Waals surface area contributed by atoms with Crippen molar-refractivity contribution < 1.29 is 14.3 Å². The predicted octanol–water partition coefficient (Wildman–Crippen LogP) is 1.12. The van der Waals surface area contributed by atoms with Crippen molar-refractivity contribution in [3.8, 4) is 0 Å². The van der Waals surface area contributed by atoms with Gasteiger partial charge < -0.3 is 14.4 Å². The number of nitrogens with zero attached hydrogens (tertiary/aromatic N) is 2. The maximum absolute atomic E-state index is 12.1. The minimum absolute atomic E-state index is 0.122. The lowest BCUT2D eigenvalue weighted by Crippen LogP contribution is -2.48. The first-order valence-electron chi connectivity index (χ1n) is 8.33. The quantitative estimate of drug-likeness (QED) is 0.783. The molecule has 21 heavy (non-hydrogen) atoms. The molecule has 0 aromatic carbocycles. The first-order valence-corrected chi connectivity index (χ1v) is 8.33. The van der Waals surface area contributed by atoms with Gasteiger partial charge in [-0.2, -0.15) is 0 Å². The summed E-state index contributed by atoms with van der Waals surface area (Å²) in [6, 6.07) is 0.527. The van der Waals surface area contributed by atoms with Crippen LogP contribution in [0.4, 0.5) is 0 Å². The molecule has 3 heterocycles. The molecule has 0 bridgehead atoms. The monoisotopic (exact) mass is 296 g/mol. The molecule has 3 saturated heterocycles. The highest BCUT2D eigenvalue weighted by molar-refractivity contribution is 5.80. The third kappa shape index (κ3) is 3.41. The van der Waals surface area contributed by atoms with E-state index in [0.717, 1.165) is 44.9 Å². The summed E-state index contributed by atoms with van der Waals surface area (Å²) in [4.78, 5) is 16.3. The van der Waals surface area contributed by atoms with Gasteiger partial charge in [0.25, 0.3) is 5.91 Å². The summed E-state index contributed by atoms with van der Waals surface area (Å²) in [5, 5.41) is 0. The number of rotatable bonds is 3. The zero-order chi connectivity index (χ0) is 14.8. The fourth-order valence-electron chi connectivity index (χ4n) is 3.97. The average Bonchev–Trinajstić information content (AvgIpc) is 2.90. The summed E-state index contributed by atoms with van der Waals surface area (Å²) in [7, 11) is 3.62. The number of fused-ring (bicyclic) bond motifs is 1. The van der Waals surface area contributed by atoms with Gasteiger partial charge in [-0.05, 0) is 38.0 Å². The van der Waals surface area contributed by atoms with E-state index in [0.29, 0.717) is 6.04 Å². The van der Waals surface area contributed by atoms with Gasteiger partial charge in [0, 0.05) is 46.4 Å². The van der Waals surface area contributed by atoms with Crippen LogP contribution in [0.5, 0.6) is 0 Å². The van der Waals surface area contributed by atoms with Crippen LogP contribution in [-0.4, -0.2) is 74.4 Å². The summed E-state index contributed by atoms with van der Waals surface area (Å²) in [5.41, 5.74) is 0. The molecule has 3 aliphatic rings. The molecule has 0 aliphatic carbocycles. The number of likely N-dealkylation sites (tertiary alicyclic amines) is 1. The van der Waals surface area contributed by atoms with Gasteiger partial charge >= 0.3 is 0 Å². The fourth-order valence-corrected chi connectivity index (χ4v) is 3.97. The Morgan fingerprint density at radius 2 is 1.90 bits per heavy atom. The number of hydrogen-bond donors (Lipinski definition) is 0. The van der Waals surface area contributed by atoms with Crippen molar-refractivity contribution in [1.82, 2.24) is 9.80 Å². The van der Waals surface area contributed by atoms with Crippen molar-refractivity contribution in [3.63, 3.8) is 0 Å². The van der Waals surface area contributed by atoms with Crippen LogP contribution in [0.3, 0.4) is 0 Å². The number of likely N-dealkylation sites (N-methyl/N-ethyl adjacent to an activating group) is 1. The summed E-state index contributed by atoms with van der Waals surface area (Å²) < 4.78 is 11.5. The second-order valence-corrected chi connectivity index (χ2v) is 6.88. The van der Waals surface area contributed by atoms with E-state index < -0.39 is 0 Å². The number of ether oxygens (including phenoxy) is 2. The van der Waals surface area contributed by atoms with Gasteiger partial charge in [0.2, 0.25) is 0 Å². The summed E-state index contributed by atoms with van der Waals surface area (Å²) in [5.74, 6) is 0.898. The Bertz CT molecular complexity index is 369. The minimum Gasteiger partial charge on any atom is -0.381 e. The van der Waals surface area contributed by atoms with E-state index in [2.05, 4.69) is 4.90 Å². The topological polar surface area (TPSA) is 42.0 Å². The molecule has 1 amide bonds. The Labute approximate surface area is 127 Å². The highest BCUT2D eigenvalue weighted by Crippen LogP contribution is 2.33. The zero-order valence-electron chi connectivity index (χ0n) is 13.3. The molecular formula is C16H28N2O3. The van der Waals surface area contributed by atoms with Crippen molar-refractivity contribution in [2.24, 2.45) is 5.92 Å². The van der Waals surface area contributed by atoms with E-state index in [1.165, 1.54) is 19.4 Å². The molecule has 0 spiro atoms. The van der Waals surface area contributed by atoms with Crippen molar-refractivity contribution in [1.29, 1.82) is 0 Å². The summed E-state index contributed by atoms with van der Waals surface area (Å²) in [6.45, 7) is 4.14. The molecule has 0 unspecified atom stereocenters. The number of amides is 1. The molecule has 5 nitrogen and oxygen atoms in total. The van der Waals surface area contributed by atoms with Gasteiger partial charge in [-0.25, -0.2) is 0 Å². The summed E-state index contributed by atoms with van der Waals surface area (Å²) in [6.07, 6.45) is 5.45. The van der Waals surface area contributed by atoms with Gasteiger partial charge in [0.15, 0.2) is 0 Å². The second-order valence-electron chi connectivity index (χ2n) is 6.88. The number of hydrogen-bond acceptors (Lipinski definition) is 4. The van der Waals surface area contributed by atoms with Crippen LogP contribution >= 0.6 is 0 Å². The Hall–Kier alpha value is -0.650. The van der Waals surface area contributed by atoms with Crippen LogP contribution in [0.1, 0.15) is 32.1 Å². The van der Waals surface area contributed by atoms with Crippen LogP contribution in [-0.2, 0) is 14.3 Å². The molecular weight excluding hydrogens is 268 g/mol. The lowest BCUT2D eigenvalue weighted by Gasteiger charge is -2.37. The maximum atomic E-state index is 12.1. The molecule has 0 aromatic rings.